The van der Waals surface area contributed by atoms with E-state index in [0.29, 0.717) is 11.7 Å². The minimum absolute atomic E-state index is 0.0198. The number of benzene rings is 2. The number of hydrogen-bond donors (Lipinski definition) is 0. The van der Waals surface area contributed by atoms with Gasteiger partial charge in [0.2, 0.25) is 0 Å². The molecule has 0 N–H and O–H groups in total. The van der Waals surface area contributed by atoms with Gasteiger partial charge in [0.15, 0.2) is 0 Å². The molecule has 2 aromatic rings. The van der Waals surface area contributed by atoms with Crippen molar-refractivity contribution >= 4 is 16.7 Å². The third kappa shape index (κ3) is 2.33. The Kier molecular flexibility index (Phi) is 2.99. The van der Waals surface area contributed by atoms with Gasteiger partial charge in [0.1, 0.15) is 5.75 Å². The molecule has 108 valence electrons. The van der Waals surface area contributed by atoms with Gasteiger partial charge in [-0.1, -0.05) is 36.2 Å². The fourth-order valence-corrected chi connectivity index (χ4v) is 4.13. The molecule has 0 saturated heterocycles. The van der Waals surface area contributed by atoms with E-state index in [1.165, 1.54) is 30.2 Å². The Balaban J connectivity index is 1.54. The van der Waals surface area contributed by atoms with Crippen LogP contribution in [0.3, 0.4) is 0 Å². The van der Waals surface area contributed by atoms with Crippen molar-refractivity contribution in [1.29, 1.82) is 0 Å². The first kappa shape index (κ1) is 12.9. The number of fused-ring (bicyclic) bond motifs is 3. The summed E-state index contributed by atoms with van der Waals surface area (Å²) < 4.78 is 5.65. The number of carbonyl (C=O) groups is 1. The summed E-state index contributed by atoms with van der Waals surface area (Å²) in [4.78, 5) is 12.4. The van der Waals surface area contributed by atoms with E-state index in [1.54, 1.807) is 0 Å². The molecule has 2 aromatic carbocycles. The molecule has 3 unspecified atom stereocenters. The van der Waals surface area contributed by atoms with Gasteiger partial charge in [0, 0.05) is 0 Å². The fourth-order valence-electron chi connectivity index (χ4n) is 4.13. The molecule has 2 nitrogen and oxygen atoms in total. The second kappa shape index (κ2) is 4.87. The summed E-state index contributed by atoms with van der Waals surface area (Å²) in [5, 5.41) is 2.31. The van der Waals surface area contributed by atoms with Crippen LogP contribution in [0.1, 0.15) is 31.2 Å². The van der Waals surface area contributed by atoms with Gasteiger partial charge in [-0.3, -0.25) is 4.79 Å². The standard InChI is InChI=1S/C19H20O2/c1-12-2-4-15-11-17(7-6-14(15)8-12)21-19(20)18-10-13-3-5-16(18)9-13/h2,4,6-8,11,13,16,18H,3,5,9-10H2,1H3. The average Bonchev–Trinajstić information content (AvgIpc) is 3.10. The molecule has 0 radical (unpaired) electrons. The molecule has 0 aliphatic heterocycles. The van der Waals surface area contributed by atoms with Crippen LogP contribution in [0.15, 0.2) is 36.4 Å². The SMILES string of the molecule is Cc1ccc2cc(OC(=O)C3CC4CCC3C4)ccc2c1. The summed E-state index contributed by atoms with van der Waals surface area (Å²) >= 11 is 0. The summed E-state index contributed by atoms with van der Waals surface area (Å²) in [5.41, 5.74) is 1.24. The first-order chi connectivity index (χ1) is 10.2. The third-order valence-electron chi connectivity index (χ3n) is 5.23. The van der Waals surface area contributed by atoms with Crippen molar-refractivity contribution < 1.29 is 9.53 Å². The lowest BCUT2D eigenvalue weighted by atomic mass is 9.89. The summed E-state index contributed by atoms with van der Waals surface area (Å²) in [5.74, 6) is 2.14. The van der Waals surface area contributed by atoms with E-state index in [4.69, 9.17) is 4.74 Å². The normalized spacial score (nSPS) is 27.2. The van der Waals surface area contributed by atoms with Crippen molar-refractivity contribution in [1.82, 2.24) is 0 Å². The molecule has 0 heterocycles. The van der Waals surface area contributed by atoms with Crippen LogP contribution in [0.5, 0.6) is 5.75 Å². The van der Waals surface area contributed by atoms with Gasteiger partial charge < -0.3 is 4.74 Å². The van der Waals surface area contributed by atoms with Crippen LogP contribution in [0.4, 0.5) is 0 Å². The molecule has 2 fully saturated rings. The molecule has 3 atom stereocenters. The quantitative estimate of drug-likeness (QED) is 0.598. The number of hydrogen-bond acceptors (Lipinski definition) is 2. The Hall–Kier alpha value is -1.83. The number of ether oxygens (including phenoxy) is 1. The first-order valence-corrected chi connectivity index (χ1v) is 7.91. The molecule has 0 amide bonds. The lowest BCUT2D eigenvalue weighted by Gasteiger charge is -2.19. The van der Waals surface area contributed by atoms with Crippen molar-refractivity contribution in [3.8, 4) is 5.75 Å². The van der Waals surface area contributed by atoms with Crippen LogP contribution >= 0.6 is 0 Å². The molecule has 2 bridgehead atoms. The molecule has 2 saturated carbocycles. The maximum absolute atomic E-state index is 12.4. The molecule has 21 heavy (non-hydrogen) atoms. The molecule has 2 aliphatic rings. The smallest absolute Gasteiger partial charge is 0.314 e. The maximum Gasteiger partial charge on any atom is 0.314 e. The predicted octanol–water partition coefficient (Wildman–Crippen LogP) is 4.49. The number of carbonyl (C=O) groups excluding carboxylic acids is 1. The highest BCUT2D eigenvalue weighted by atomic mass is 16.5. The molecule has 0 spiro atoms. The van der Waals surface area contributed by atoms with Gasteiger partial charge in [-0.25, -0.2) is 0 Å². The number of esters is 1. The van der Waals surface area contributed by atoms with Gasteiger partial charge in [-0.15, -0.1) is 0 Å². The lowest BCUT2D eigenvalue weighted by molar-refractivity contribution is -0.140. The third-order valence-corrected chi connectivity index (χ3v) is 5.23. The molecular formula is C19H20O2. The van der Waals surface area contributed by atoms with Crippen molar-refractivity contribution in [3.63, 3.8) is 0 Å². The summed E-state index contributed by atoms with van der Waals surface area (Å²) in [6, 6.07) is 12.2. The Morgan fingerprint density at radius 3 is 2.62 bits per heavy atom. The van der Waals surface area contributed by atoms with E-state index in [0.717, 1.165) is 17.7 Å². The maximum atomic E-state index is 12.4. The minimum atomic E-state index is -0.0198. The van der Waals surface area contributed by atoms with Crippen molar-refractivity contribution in [2.45, 2.75) is 32.6 Å². The molecular weight excluding hydrogens is 260 g/mol. The second-order valence-electron chi connectivity index (χ2n) is 6.71. The van der Waals surface area contributed by atoms with Gasteiger partial charge in [-0.2, -0.15) is 0 Å². The molecule has 2 heteroatoms. The van der Waals surface area contributed by atoms with E-state index >= 15 is 0 Å². The Morgan fingerprint density at radius 2 is 1.86 bits per heavy atom. The van der Waals surface area contributed by atoms with Crippen molar-refractivity contribution in [3.05, 3.63) is 42.0 Å². The average molecular weight is 280 g/mol. The summed E-state index contributed by atoms with van der Waals surface area (Å²) in [6.45, 7) is 2.09. The molecule has 2 aliphatic carbocycles. The Bertz CT molecular complexity index is 704. The van der Waals surface area contributed by atoms with Gasteiger partial charge >= 0.3 is 5.97 Å². The zero-order valence-electron chi connectivity index (χ0n) is 12.3. The van der Waals surface area contributed by atoms with Crippen LogP contribution in [0, 0.1) is 24.7 Å². The van der Waals surface area contributed by atoms with Crippen LogP contribution in [-0.2, 0) is 4.79 Å². The molecule has 0 aromatic heterocycles. The van der Waals surface area contributed by atoms with Gasteiger partial charge in [-0.05, 0) is 60.9 Å². The lowest BCUT2D eigenvalue weighted by Crippen LogP contribution is -2.25. The number of aryl methyl sites for hydroxylation is 1. The van der Waals surface area contributed by atoms with Crippen LogP contribution in [-0.4, -0.2) is 5.97 Å². The zero-order chi connectivity index (χ0) is 14.4. The van der Waals surface area contributed by atoms with E-state index in [-0.39, 0.29) is 11.9 Å². The monoisotopic (exact) mass is 280 g/mol. The Labute approximate surface area is 125 Å². The fraction of sp³-hybridized carbons (Fsp3) is 0.421. The highest BCUT2D eigenvalue weighted by Crippen LogP contribution is 2.48. The summed E-state index contributed by atoms with van der Waals surface area (Å²) in [7, 11) is 0. The topological polar surface area (TPSA) is 26.3 Å². The van der Waals surface area contributed by atoms with E-state index in [2.05, 4.69) is 25.1 Å². The number of rotatable bonds is 2. The second-order valence-corrected chi connectivity index (χ2v) is 6.71. The van der Waals surface area contributed by atoms with Crippen molar-refractivity contribution in [2.75, 3.05) is 0 Å². The van der Waals surface area contributed by atoms with Crippen molar-refractivity contribution in [2.24, 2.45) is 17.8 Å². The highest BCUT2D eigenvalue weighted by Gasteiger charge is 2.44. The highest BCUT2D eigenvalue weighted by molar-refractivity contribution is 5.85. The van der Waals surface area contributed by atoms with E-state index < -0.39 is 0 Å². The predicted molar refractivity (Wildman–Crippen MR) is 83.3 cm³/mol. The van der Waals surface area contributed by atoms with E-state index in [9.17, 15) is 4.79 Å². The summed E-state index contributed by atoms with van der Waals surface area (Å²) in [6.07, 6.45) is 4.79. The molecule has 4 rings (SSSR count). The van der Waals surface area contributed by atoms with Gasteiger partial charge in [0.05, 0.1) is 5.92 Å². The largest absolute Gasteiger partial charge is 0.426 e. The van der Waals surface area contributed by atoms with E-state index in [1.807, 2.05) is 18.2 Å². The zero-order valence-corrected chi connectivity index (χ0v) is 12.3. The van der Waals surface area contributed by atoms with Crippen LogP contribution in [0.2, 0.25) is 0 Å². The van der Waals surface area contributed by atoms with Gasteiger partial charge in [0.25, 0.3) is 0 Å². The van der Waals surface area contributed by atoms with Crippen LogP contribution < -0.4 is 4.74 Å². The Morgan fingerprint density at radius 1 is 1.05 bits per heavy atom. The first-order valence-electron chi connectivity index (χ1n) is 7.91. The minimum Gasteiger partial charge on any atom is -0.426 e. The van der Waals surface area contributed by atoms with Crippen LogP contribution in [0.25, 0.3) is 10.8 Å².